The third-order valence-corrected chi connectivity index (χ3v) is 5.95. The maximum atomic E-state index is 13.2. The van der Waals surface area contributed by atoms with Crippen LogP contribution in [-0.4, -0.2) is 47.0 Å². The first-order valence-electron chi connectivity index (χ1n) is 10.1. The summed E-state index contributed by atoms with van der Waals surface area (Å²) in [5.74, 6) is 0.649. The lowest BCUT2D eigenvalue weighted by atomic mass is 10.2. The number of amides is 1. The normalized spacial score (nSPS) is 13.9. The van der Waals surface area contributed by atoms with E-state index in [1.165, 1.54) is 0 Å². The summed E-state index contributed by atoms with van der Waals surface area (Å²) in [4.78, 5) is 20.9. The molecule has 156 valence electrons. The molecule has 1 fully saturated rings. The van der Waals surface area contributed by atoms with E-state index in [1.54, 1.807) is 22.2 Å². The van der Waals surface area contributed by atoms with Gasteiger partial charge in [0, 0.05) is 13.1 Å². The average Bonchev–Trinajstić information content (AvgIpc) is 3.51. The number of carbonyl (C=O) groups excluding carboxylic acids is 1. The maximum absolute atomic E-state index is 13.2. The number of nitrogens with zero attached hydrogens (tertiary/aromatic N) is 4. The summed E-state index contributed by atoms with van der Waals surface area (Å²) in [6.07, 6.45) is 1.69. The minimum atomic E-state index is -0.236. The minimum Gasteiger partial charge on any atom is -0.378 e. The summed E-state index contributed by atoms with van der Waals surface area (Å²) in [7, 11) is 0. The average molecular weight is 432 g/mol. The Morgan fingerprint density at radius 2 is 1.87 bits per heavy atom. The molecule has 1 saturated heterocycles. The van der Waals surface area contributed by atoms with E-state index in [9.17, 15) is 4.79 Å². The molecule has 0 unspecified atom stereocenters. The van der Waals surface area contributed by atoms with Gasteiger partial charge in [-0.1, -0.05) is 24.3 Å². The number of ether oxygens (including phenoxy) is 1. The van der Waals surface area contributed by atoms with Crippen molar-refractivity contribution >= 4 is 28.7 Å². The van der Waals surface area contributed by atoms with Gasteiger partial charge < -0.3 is 15.0 Å². The van der Waals surface area contributed by atoms with Crippen molar-refractivity contribution in [1.82, 2.24) is 14.8 Å². The van der Waals surface area contributed by atoms with Gasteiger partial charge in [0.1, 0.15) is 17.2 Å². The van der Waals surface area contributed by atoms with Gasteiger partial charge in [-0.2, -0.15) is 5.10 Å². The number of aromatic nitrogens is 3. The monoisotopic (exact) mass is 431 g/mol. The predicted molar refractivity (Wildman–Crippen MR) is 122 cm³/mol. The molecular formula is C23H21N5O2S. The molecule has 0 radical (unpaired) electrons. The van der Waals surface area contributed by atoms with Gasteiger partial charge in [0.25, 0.3) is 5.91 Å². The van der Waals surface area contributed by atoms with Gasteiger partial charge in [-0.15, -0.1) is 11.3 Å². The van der Waals surface area contributed by atoms with Crippen LogP contribution in [0.25, 0.3) is 16.3 Å². The van der Waals surface area contributed by atoms with Crippen LogP contribution >= 0.6 is 11.3 Å². The van der Waals surface area contributed by atoms with Crippen LogP contribution in [0.4, 0.5) is 11.5 Å². The number of morpholine rings is 1. The molecule has 1 N–H and O–H groups in total. The molecule has 1 aliphatic rings. The summed E-state index contributed by atoms with van der Waals surface area (Å²) in [6.45, 7) is 3.05. The van der Waals surface area contributed by atoms with Crippen molar-refractivity contribution in [3.8, 4) is 16.3 Å². The lowest BCUT2D eigenvalue weighted by molar-refractivity contribution is 0.101. The van der Waals surface area contributed by atoms with E-state index >= 15 is 0 Å². The third kappa shape index (κ3) is 4.21. The van der Waals surface area contributed by atoms with E-state index in [-0.39, 0.29) is 5.91 Å². The summed E-state index contributed by atoms with van der Waals surface area (Å²) in [5.41, 5.74) is 2.70. The molecule has 1 aliphatic heterocycles. The number of benzene rings is 1. The van der Waals surface area contributed by atoms with Crippen molar-refractivity contribution < 1.29 is 9.53 Å². The molecule has 8 heteroatoms. The zero-order valence-corrected chi connectivity index (χ0v) is 17.6. The molecule has 1 amide bonds. The quantitative estimate of drug-likeness (QED) is 0.515. The van der Waals surface area contributed by atoms with Gasteiger partial charge in [0.15, 0.2) is 0 Å². The molecule has 0 saturated carbocycles. The fourth-order valence-electron chi connectivity index (χ4n) is 3.49. The topological polar surface area (TPSA) is 72.3 Å². The molecule has 7 nitrogen and oxygen atoms in total. The Morgan fingerprint density at radius 3 is 2.58 bits per heavy atom. The van der Waals surface area contributed by atoms with Crippen LogP contribution in [0.3, 0.4) is 0 Å². The SMILES string of the molecule is O=C(Nc1ccc(N2CCOCC2)nc1)c1cc(-c2cccs2)nn1-c1ccccc1. The van der Waals surface area contributed by atoms with Crippen molar-refractivity contribution in [2.75, 3.05) is 36.5 Å². The zero-order chi connectivity index (χ0) is 21.0. The fourth-order valence-corrected chi connectivity index (χ4v) is 4.17. The molecule has 5 rings (SSSR count). The van der Waals surface area contributed by atoms with Crippen molar-refractivity contribution in [1.29, 1.82) is 0 Å². The fraction of sp³-hybridized carbons (Fsp3) is 0.174. The molecule has 4 heterocycles. The van der Waals surface area contributed by atoms with Gasteiger partial charge in [-0.25, -0.2) is 9.67 Å². The van der Waals surface area contributed by atoms with Crippen molar-refractivity contribution in [3.05, 3.63) is 77.9 Å². The van der Waals surface area contributed by atoms with Crippen LogP contribution < -0.4 is 10.2 Å². The number of hydrogen-bond donors (Lipinski definition) is 1. The Bertz CT molecular complexity index is 1150. The first kappa shape index (κ1) is 19.5. The predicted octanol–water partition coefficient (Wildman–Crippen LogP) is 4.08. The molecule has 0 bridgehead atoms. The smallest absolute Gasteiger partial charge is 0.274 e. The Kier molecular flexibility index (Phi) is 5.47. The van der Waals surface area contributed by atoms with Crippen molar-refractivity contribution in [3.63, 3.8) is 0 Å². The van der Waals surface area contributed by atoms with E-state index < -0.39 is 0 Å². The molecule has 1 aromatic carbocycles. The van der Waals surface area contributed by atoms with Gasteiger partial charge in [-0.05, 0) is 41.8 Å². The number of anilines is 2. The largest absolute Gasteiger partial charge is 0.378 e. The highest BCUT2D eigenvalue weighted by atomic mass is 32.1. The summed E-state index contributed by atoms with van der Waals surface area (Å²) >= 11 is 1.59. The van der Waals surface area contributed by atoms with Crippen LogP contribution in [0.5, 0.6) is 0 Å². The number of nitrogens with one attached hydrogen (secondary N) is 1. The van der Waals surface area contributed by atoms with Crippen LogP contribution in [0.15, 0.2) is 72.2 Å². The highest BCUT2D eigenvalue weighted by molar-refractivity contribution is 7.13. The second kappa shape index (κ2) is 8.71. The van der Waals surface area contributed by atoms with Crippen LogP contribution in [0.2, 0.25) is 0 Å². The lowest BCUT2D eigenvalue weighted by Gasteiger charge is -2.27. The number of carbonyl (C=O) groups is 1. The summed E-state index contributed by atoms with van der Waals surface area (Å²) in [5, 5.41) is 9.65. The number of hydrogen-bond acceptors (Lipinski definition) is 6. The molecule has 0 atom stereocenters. The zero-order valence-electron chi connectivity index (χ0n) is 16.8. The highest BCUT2D eigenvalue weighted by Crippen LogP contribution is 2.26. The molecule has 3 aromatic heterocycles. The van der Waals surface area contributed by atoms with Crippen LogP contribution in [0, 0.1) is 0 Å². The van der Waals surface area contributed by atoms with Gasteiger partial charge in [-0.3, -0.25) is 4.79 Å². The maximum Gasteiger partial charge on any atom is 0.274 e. The van der Waals surface area contributed by atoms with E-state index in [0.29, 0.717) is 24.6 Å². The third-order valence-electron chi connectivity index (χ3n) is 5.06. The van der Waals surface area contributed by atoms with E-state index in [0.717, 1.165) is 35.2 Å². The second-order valence-electron chi connectivity index (χ2n) is 7.10. The van der Waals surface area contributed by atoms with Crippen molar-refractivity contribution in [2.24, 2.45) is 0 Å². The Morgan fingerprint density at radius 1 is 1.03 bits per heavy atom. The van der Waals surface area contributed by atoms with Crippen LogP contribution in [0.1, 0.15) is 10.5 Å². The Labute approximate surface area is 183 Å². The molecule has 0 spiro atoms. The first-order chi connectivity index (χ1) is 15.3. The molecular weight excluding hydrogens is 410 g/mol. The summed E-state index contributed by atoms with van der Waals surface area (Å²) in [6, 6.07) is 19.3. The molecule has 4 aromatic rings. The molecule has 31 heavy (non-hydrogen) atoms. The van der Waals surface area contributed by atoms with Gasteiger partial charge in [0.05, 0.1) is 35.7 Å². The van der Waals surface area contributed by atoms with Gasteiger partial charge >= 0.3 is 0 Å². The van der Waals surface area contributed by atoms with E-state index in [2.05, 4.69) is 15.2 Å². The highest BCUT2D eigenvalue weighted by Gasteiger charge is 2.19. The minimum absolute atomic E-state index is 0.236. The Balaban J connectivity index is 1.40. The number of para-hydroxylation sites is 1. The standard InChI is InChI=1S/C23H21N5O2S/c29-23(25-17-8-9-22(24-16-17)27-10-12-30-13-11-27)20-15-19(21-7-4-14-31-21)26-28(20)18-5-2-1-3-6-18/h1-9,14-16H,10-13H2,(H,25,29). The molecule has 0 aliphatic carbocycles. The second-order valence-corrected chi connectivity index (χ2v) is 8.05. The van der Waals surface area contributed by atoms with E-state index in [1.807, 2.05) is 66.0 Å². The van der Waals surface area contributed by atoms with Crippen LogP contribution in [-0.2, 0) is 4.74 Å². The van der Waals surface area contributed by atoms with E-state index in [4.69, 9.17) is 9.84 Å². The Hall–Kier alpha value is -3.49. The van der Waals surface area contributed by atoms with Gasteiger partial charge in [0.2, 0.25) is 0 Å². The first-order valence-corrected chi connectivity index (χ1v) is 11.0. The number of rotatable bonds is 5. The lowest BCUT2D eigenvalue weighted by Crippen LogP contribution is -2.36. The summed E-state index contributed by atoms with van der Waals surface area (Å²) < 4.78 is 7.07. The number of pyridine rings is 1. The van der Waals surface area contributed by atoms with Crippen molar-refractivity contribution in [2.45, 2.75) is 0 Å². The number of thiophene rings is 1.